The van der Waals surface area contributed by atoms with Crippen LogP contribution in [0.5, 0.6) is 0 Å². The summed E-state index contributed by atoms with van der Waals surface area (Å²) in [5.74, 6) is -1.39. The monoisotopic (exact) mass is 443 g/mol. The average molecular weight is 443 g/mol. The van der Waals surface area contributed by atoms with Gasteiger partial charge in [-0.1, -0.05) is 24.3 Å². The zero-order valence-electron chi connectivity index (χ0n) is 17.5. The van der Waals surface area contributed by atoms with E-state index in [9.17, 15) is 22.4 Å². The summed E-state index contributed by atoms with van der Waals surface area (Å²) in [6, 6.07) is 12.0. The molecule has 0 heterocycles. The van der Waals surface area contributed by atoms with Crippen molar-refractivity contribution in [1.29, 1.82) is 0 Å². The number of benzene rings is 3. The van der Waals surface area contributed by atoms with E-state index in [0.29, 0.717) is 12.1 Å². The third kappa shape index (κ3) is 4.12. The molecule has 0 aromatic heterocycles. The Morgan fingerprint density at radius 3 is 2.53 bits per heavy atom. The zero-order chi connectivity index (χ0) is 23.0. The number of nitrogens with one attached hydrogen (secondary N) is 3. The molecule has 0 aliphatic heterocycles. The maximum absolute atomic E-state index is 13.4. The number of halogens is 4. The molecule has 8 heteroatoms. The van der Waals surface area contributed by atoms with E-state index in [1.165, 1.54) is 22.3 Å². The molecule has 0 spiro atoms. The van der Waals surface area contributed by atoms with E-state index in [0.717, 1.165) is 29.3 Å². The van der Waals surface area contributed by atoms with Crippen molar-refractivity contribution < 1.29 is 22.4 Å². The van der Waals surface area contributed by atoms with Crippen molar-refractivity contribution in [3.05, 3.63) is 82.2 Å². The highest BCUT2D eigenvalue weighted by molar-refractivity contribution is 5.89. The van der Waals surface area contributed by atoms with Crippen LogP contribution < -0.4 is 16.0 Å². The second-order valence-electron chi connectivity index (χ2n) is 7.73. The van der Waals surface area contributed by atoms with Gasteiger partial charge in [0.05, 0.1) is 12.2 Å². The Morgan fingerprint density at radius 2 is 1.78 bits per heavy atom. The van der Waals surface area contributed by atoms with Crippen molar-refractivity contribution in [2.45, 2.75) is 26.4 Å². The number of amides is 2. The number of urea groups is 1. The molecule has 4 nitrogen and oxygen atoms in total. The standard InChI is InChI=1S/C24H21F4N3O/c1-13-9-19-17-6-4-3-5-15(17)10-18(19)14(2)22(13)29-12-30-23(32)31-16-7-8-21(25)20(11-16)24(26,27)28/h3-9,11,29H,10,12H2,1-2H3,(H2,30,31,32). The molecular formula is C24H21F4N3O. The second kappa shape index (κ2) is 8.18. The molecule has 2 amide bonds. The Labute approximate surface area is 182 Å². The summed E-state index contributed by atoms with van der Waals surface area (Å²) in [5, 5.41) is 8.04. The van der Waals surface area contributed by atoms with Gasteiger partial charge in [0.25, 0.3) is 0 Å². The topological polar surface area (TPSA) is 53.2 Å². The Balaban J connectivity index is 1.41. The van der Waals surface area contributed by atoms with Crippen molar-refractivity contribution in [2.24, 2.45) is 0 Å². The minimum Gasteiger partial charge on any atom is -0.367 e. The largest absolute Gasteiger partial charge is 0.419 e. The molecular weight excluding hydrogens is 422 g/mol. The van der Waals surface area contributed by atoms with Crippen LogP contribution in [0, 0.1) is 19.7 Å². The molecule has 4 rings (SSSR count). The van der Waals surface area contributed by atoms with Crippen molar-refractivity contribution in [1.82, 2.24) is 5.32 Å². The van der Waals surface area contributed by atoms with Crippen LogP contribution >= 0.6 is 0 Å². The molecule has 0 saturated carbocycles. The number of anilines is 2. The van der Waals surface area contributed by atoms with Gasteiger partial charge in [0, 0.05) is 11.4 Å². The lowest BCUT2D eigenvalue weighted by Crippen LogP contribution is -2.33. The number of rotatable bonds is 4. The molecule has 3 aromatic carbocycles. The first-order chi connectivity index (χ1) is 15.1. The second-order valence-corrected chi connectivity index (χ2v) is 7.73. The number of alkyl halides is 3. The molecule has 3 N–H and O–H groups in total. The van der Waals surface area contributed by atoms with Crippen molar-refractivity contribution in [3.8, 4) is 11.1 Å². The van der Waals surface area contributed by atoms with Crippen LogP contribution in [0.1, 0.15) is 27.8 Å². The van der Waals surface area contributed by atoms with E-state index in [4.69, 9.17) is 0 Å². The summed E-state index contributed by atoms with van der Waals surface area (Å²) >= 11 is 0. The lowest BCUT2D eigenvalue weighted by molar-refractivity contribution is -0.139. The third-order valence-corrected chi connectivity index (χ3v) is 5.63. The van der Waals surface area contributed by atoms with Crippen molar-refractivity contribution >= 4 is 17.4 Å². The normalized spacial score (nSPS) is 12.2. The highest BCUT2D eigenvalue weighted by Gasteiger charge is 2.34. The molecule has 3 aromatic rings. The van der Waals surface area contributed by atoms with Crippen LogP contribution in [0.3, 0.4) is 0 Å². The summed E-state index contributed by atoms with van der Waals surface area (Å²) in [7, 11) is 0. The summed E-state index contributed by atoms with van der Waals surface area (Å²) in [6.45, 7) is 4.07. The van der Waals surface area contributed by atoms with Crippen LogP contribution in [0.15, 0.2) is 48.5 Å². The molecule has 0 saturated heterocycles. The van der Waals surface area contributed by atoms with E-state index < -0.39 is 23.6 Å². The molecule has 32 heavy (non-hydrogen) atoms. The fourth-order valence-electron chi connectivity index (χ4n) is 4.10. The van der Waals surface area contributed by atoms with Gasteiger partial charge in [-0.3, -0.25) is 0 Å². The first-order valence-electron chi connectivity index (χ1n) is 10.0. The maximum Gasteiger partial charge on any atom is 0.419 e. The van der Waals surface area contributed by atoms with Crippen LogP contribution in [-0.4, -0.2) is 12.7 Å². The first kappa shape index (κ1) is 21.7. The molecule has 1 aliphatic carbocycles. The van der Waals surface area contributed by atoms with Gasteiger partial charge in [-0.05, 0) is 77.9 Å². The first-order valence-corrected chi connectivity index (χ1v) is 10.0. The van der Waals surface area contributed by atoms with Gasteiger partial charge in [0.1, 0.15) is 5.82 Å². The molecule has 0 unspecified atom stereocenters. The summed E-state index contributed by atoms with van der Waals surface area (Å²) in [6.07, 6.45) is -4.01. The van der Waals surface area contributed by atoms with Crippen LogP contribution in [0.4, 0.5) is 33.7 Å². The van der Waals surface area contributed by atoms with Gasteiger partial charge in [0.2, 0.25) is 0 Å². The van der Waals surface area contributed by atoms with Gasteiger partial charge >= 0.3 is 12.2 Å². The number of hydrogen-bond donors (Lipinski definition) is 3. The fraction of sp³-hybridized carbons (Fsp3) is 0.208. The van der Waals surface area contributed by atoms with E-state index in [2.05, 4.69) is 34.1 Å². The molecule has 0 atom stereocenters. The number of aryl methyl sites for hydroxylation is 1. The third-order valence-electron chi connectivity index (χ3n) is 5.63. The van der Waals surface area contributed by atoms with Gasteiger partial charge < -0.3 is 16.0 Å². The summed E-state index contributed by atoms with van der Waals surface area (Å²) < 4.78 is 51.9. The Bertz CT molecular complexity index is 1200. The number of carbonyl (C=O) groups excluding carboxylic acids is 1. The van der Waals surface area contributed by atoms with Crippen molar-refractivity contribution in [2.75, 3.05) is 17.3 Å². The highest BCUT2D eigenvalue weighted by atomic mass is 19.4. The van der Waals surface area contributed by atoms with Gasteiger partial charge in [-0.2, -0.15) is 13.2 Å². The highest BCUT2D eigenvalue weighted by Crippen LogP contribution is 2.41. The molecule has 166 valence electrons. The van der Waals surface area contributed by atoms with Crippen LogP contribution in [-0.2, 0) is 12.6 Å². The SMILES string of the molecule is Cc1cc2c(c(C)c1NCNC(=O)Nc1ccc(F)c(C(F)(F)F)c1)Cc1ccccc1-2. The minimum absolute atomic E-state index is 0.0621. The number of hydrogen-bond acceptors (Lipinski definition) is 2. The van der Waals surface area contributed by atoms with Crippen LogP contribution in [0.2, 0.25) is 0 Å². The summed E-state index contributed by atoms with van der Waals surface area (Å²) in [5.41, 5.74) is 6.38. The predicted octanol–water partition coefficient (Wildman–Crippen LogP) is 6.22. The molecule has 0 radical (unpaired) electrons. The summed E-state index contributed by atoms with van der Waals surface area (Å²) in [4.78, 5) is 12.1. The Morgan fingerprint density at radius 1 is 1.03 bits per heavy atom. The van der Waals surface area contributed by atoms with E-state index in [1.807, 2.05) is 26.0 Å². The van der Waals surface area contributed by atoms with Gasteiger partial charge in [-0.25, -0.2) is 9.18 Å². The van der Waals surface area contributed by atoms with Crippen molar-refractivity contribution in [3.63, 3.8) is 0 Å². The smallest absolute Gasteiger partial charge is 0.367 e. The number of fused-ring (bicyclic) bond motifs is 3. The predicted molar refractivity (Wildman–Crippen MR) is 116 cm³/mol. The van der Waals surface area contributed by atoms with Gasteiger partial charge in [0.15, 0.2) is 0 Å². The quantitative estimate of drug-likeness (QED) is 0.259. The Hall–Kier alpha value is -3.55. The Kier molecular flexibility index (Phi) is 5.54. The maximum atomic E-state index is 13.4. The molecule has 0 bridgehead atoms. The zero-order valence-corrected chi connectivity index (χ0v) is 17.5. The minimum atomic E-state index is -4.85. The van der Waals surface area contributed by atoms with E-state index in [-0.39, 0.29) is 12.4 Å². The van der Waals surface area contributed by atoms with Crippen LogP contribution in [0.25, 0.3) is 11.1 Å². The van der Waals surface area contributed by atoms with Gasteiger partial charge in [-0.15, -0.1) is 0 Å². The average Bonchev–Trinajstić information content (AvgIpc) is 3.10. The number of carbonyl (C=O) groups is 1. The fourth-order valence-corrected chi connectivity index (χ4v) is 4.10. The van der Waals surface area contributed by atoms with E-state index >= 15 is 0 Å². The lowest BCUT2D eigenvalue weighted by atomic mass is 9.97. The molecule has 0 fully saturated rings. The lowest BCUT2D eigenvalue weighted by Gasteiger charge is -2.17. The van der Waals surface area contributed by atoms with E-state index in [1.54, 1.807) is 0 Å². The molecule has 1 aliphatic rings.